The van der Waals surface area contributed by atoms with Gasteiger partial charge in [-0.05, 0) is 67.7 Å². The van der Waals surface area contributed by atoms with Crippen molar-refractivity contribution in [3.63, 3.8) is 0 Å². The number of carbonyl (C=O) groups is 1. The van der Waals surface area contributed by atoms with Crippen LogP contribution in [0.2, 0.25) is 5.02 Å². The first-order valence-corrected chi connectivity index (χ1v) is 10.6. The number of benzene rings is 2. The van der Waals surface area contributed by atoms with Crippen LogP contribution in [0.3, 0.4) is 0 Å². The molecule has 1 aliphatic rings. The summed E-state index contributed by atoms with van der Waals surface area (Å²) in [4.78, 5) is 19.3. The summed E-state index contributed by atoms with van der Waals surface area (Å²) in [5.74, 6) is 0.592. The summed E-state index contributed by atoms with van der Waals surface area (Å²) >= 11 is 5.89. The summed E-state index contributed by atoms with van der Waals surface area (Å²) in [6.45, 7) is 2.86. The molecule has 2 aromatic carbocycles. The summed E-state index contributed by atoms with van der Waals surface area (Å²) in [7, 11) is 1.57. The van der Waals surface area contributed by atoms with Crippen LogP contribution in [-0.2, 0) is 4.79 Å². The second-order valence-electron chi connectivity index (χ2n) is 7.53. The Morgan fingerprint density at radius 1 is 1.23 bits per heavy atom. The molecule has 0 radical (unpaired) electrons. The largest absolute Gasteiger partial charge is 0.495 e. The number of ether oxygens (including phenoxy) is 1. The van der Waals surface area contributed by atoms with Gasteiger partial charge in [-0.3, -0.25) is 4.79 Å². The molecule has 0 saturated carbocycles. The zero-order chi connectivity index (χ0) is 21.8. The number of nitrogens with zero attached hydrogens (tertiary/aromatic N) is 2. The molecule has 8 heteroatoms. The van der Waals surface area contributed by atoms with Crippen molar-refractivity contribution in [3.05, 3.63) is 53.4 Å². The Labute approximate surface area is 185 Å². The molecule has 2 heterocycles. The van der Waals surface area contributed by atoms with E-state index in [4.69, 9.17) is 16.3 Å². The van der Waals surface area contributed by atoms with Crippen LogP contribution >= 0.6 is 11.6 Å². The van der Waals surface area contributed by atoms with Gasteiger partial charge in [-0.2, -0.15) is 0 Å². The minimum atomic E-state index is -0.484. The Hall–Kier alpha value is -2.90. The van der Waals surface area contributed by atoms with Crippen molar-refractivity contribution in [3.8, 4) is 5.75 Å². The van der Waals surface area contributed by atoms with Gasteiger partial charge in [0.15, 0.2) is 0 Å². The second kappa shape index (κ2) is 9.49. The van der Waals surface area contributed by atoms with Crippen LogP contribution in [0.5, 0.6) is 5.75 Å². The lowest BCUT2D eigenvalue weighted by Crippen LogP contribution is -2.25. The van der Waals surface area contributed by atoms with E-state index >= 15 is 0 Å². The monoisotopic (exact) mass is 442 g/mol. The highest BCUT2D eigenvalue weighted by Gasteiger charge is 2.15. The fourth-order valence-corrected chi connectivity index (χ4v) is 3.94. The number of anilines is 3. The van der Waals surface area contributed by atoms with Gasteiger partial charge >= 0.3 is 0 Å². The number of aromatic nitrogens is 1. The number of hydrogen-bond acceptors (Lipinski definition) is 5. The molecule has 1 fully saturated rings. The number of likely N-dealkylation sites (tertiary alicyclic amines) is 1. The van der Waals surface area contributed by atoms with Crippen LogP contribution in [0.25, 0.3) is 10.8 Å². The van der Waals surface area contributed by atoms with Gasteiger partial charge in [-0.15, -0.1) is 0 Å². The van der Waals surface area contributed by atoms with Gasteiger partial charge in [0.25, 0.3) is 0 Å². The third-order valence-electron chi connectivity index (χ3n) is 5.39. The van der Waals surface area contributed by atoms with Crippen LogP contribution in [0.15, 0.2) is 42.6 Å². The van der Waals surface area contributed by atoms with Gasteiger partial charge < -0.3 is 20.3 Å². The van der Waals surface area contributed by atoms with Crippen LogP contribution < -0.4 is 15.4 Å². The number of halogens is 2. The first-order valence-electron chi connectivity index (χ1n) is 10.2. The Bertz CT molecular complexity index is 1100. The number of nitrogens with one attached hydrogen (secondary N) is 2. The first-order chi connectivity index (χ1) is 15.0. The van der Waals surface area contributed by atoms with Crippen molar-refractivity contribution in [1.82, 2.24) is 9.88 Å². The van der Waals surface area contributed by atoms with Crippen LogP contribution in [0.4, 0.5) is 21.6 Å². The quantitative estimate of drug-likeness (QED) is 0.526. The topological polar surface area (TPSA) is 66.5 Å². The molecular formula is C23H24ClFN4O2. The fourth-order valence-electron chi connectivity index (χ4n) is 3.76. The number of fused-ring (bicyclic) bond motifs is 1. The molecule has 1 saturated heterocycles. The van der Waals surface area contributed by atoms with Crippen LogP contribution in [-0.4, -0.2) is 42.5 Å². The van der Waals surface area contributed by atoms with E-state index in [1.54, 1.807) is 19.4 Å². The Morgan fingerprint density at radius 3 is 2.77 bits per heavy atom. The number of methoxy groups -OCH3 is 1. The molecule has 0 unspecified atom stereocenters. The van der Waals surface area contributed by atoms with Crippen LogP contribution in [0, 0.1) is 5.82 Å². The van der Waals surface area contributed by atoms with E-state index in [1.807, 2.05) is 18.2 Å². The molecule has 0 aliphatic carbocycles. The molecule has 0 bridgehead atoms. The SMILES string of the molecule is COc1cc2ccnc(Nc3ccc(F)c(Cl)c3)c2cc1NC(=O)CCN1CCCC1. The van der Waals surface area contributed by atoms with E-state index < -0.39 is 5.82 Å². The zero-order valence-corrected chi connectivity index (χ0v) is 18.0. The van der Waals surface area contributed by atoms with Gasteiger partial charge in [-0.25, -0.2) is 9.37 Å². The number of carbonyl (C=O) groups excluding carboxylic acids is 1. The van der Waals surface area contributed by atoms with E-state index in [0.29, 0.717) is 29.4 Å². The normalized spacial score (nSPS) is 14.0. The molecule has 4 rings (SSSR count). The Morgan fingerprint density at radius 2 is 2.03 bits per heavy atom. The maximum Gasteiger partial charge on any atom is 0.225 e. The lowest BCUT2D eigenvalue weighted by molar-refractivity contribution is -0.116. The fraction of sp³-hybridized carbons (Fsp3) is 0.304. The smallest absolute Gasteiger partial charge is 0.225 e. The zero-order valence-electron chi connectivity index (χ0n) is 17.3. The van der Waals surface area contributed by atoms with E-state index in [2.05, 4.69) is 20.5 Å². The van der Waals surface area contributed by atoms with Gasteiger partial charge in [0.05, 0.1) is 17.8 Å². The van der Waals surface area contributed by atoms with Crippen molar-refractivity contribution in [2.45, 2.75) is 19.3 Å². The summed E-state index contributed by atoms with van der Waals surface area (Å²) in [6, 6.07) is 9.94. The number of hydrogen-bond donors (Lipinski definition) is 2. The average molecular weight is 443 g/mol. The first kappa shape index (κ1) is 21.3. The van der Waals surface area contributed by atoms with Crippen molar-refractivity contribution in [2.24, 2.45) is 0 Å². The number of rotatable bonds is 7. The van der Waals surface area contributed by atoms with E-state index in [1.165, 1.54) is 25.0 Å². The number of amides is 1. The van der Waals surface area contributed by atoms with Gasteiger partial charge in [0, 0.05) is 30.2 Å². The molecule has 3 aromatic rings. The predicted octanol–water partition coefficient (Wildman–Crippen LogP) is 5.20. The standard InChI is InChI=1S/C23H24ClFN4O2/c1-31-21-12-15-6-8-26-23(27-16-4-5-19(25)18(24)13-16)17(15)14-20(21)28-22(30)7-11-29-9-2-3-10-29/h4-6,8,12-14H,2-3,7,9-11H2,1H3,(H,26,27)(H,28,30). The molecule has 162 valence electrons. The molecular weight excluding hydrogens is 419 g/mol. The molecule has 0 spiro atoms. The molecule has 0 atom stereocenters. The lowest BCUT2D eigenvalue weighted by Gasteiger charge is -2.16. The third-order valence-corrected chi connectivity index (χ3v) is 5.68. The molecule has 31 heavy (non-hydrogen) atoms. The van der Waals surface area contributed by atoms with E-state index in [9.17, 15) is 9.18 Å². The highest BCUT2D eigenvalue weighted by Crippen LogP contribution is 2.34. The summed E-state index contributed by atoms with van der Waals surface area (Å²) in [5, 5.41) is 7.84. The van der Waals surface area contributed by atoms with Crippen molar-refractivity contribution in [1.29, 1.82) is 0 Å². The second-order valence-corrected chi connectivity index (χ2v) is 7.94. The van der Waals surface area contributed by atoms with Gasteiger partial charge in [0.2, 0.25) is 5.91 Å². The van der Waals surface area contributed by atoms with Gasteiger partial charge in [-0.1, -0.05) is 11.6 Å². The van der Waals surface area contributed by atoms with Crippen LogP contribution in [0.1, 0.15) is 19.3 Å². The predicted molar refractivity (Wildman–Crippen MR) is 122 cm³/mol. The van der Waals surface area contributed by atoms with Gasteiger partial charge in [0.1, 0.15) is 17.4 Å². The molecule has 1 aromatic heterocycles. The summed E-state index contributed by atoms with van der Waals surface area (Å²) in [6.07, 6.45) is 4.49. The number of pyridine rings is 1. The summed E-state index contributed by atoms with van der Waals surface area (Å²) < 4.78 is 19.0. The molecule has 1 amide bonds. The van der Waals surface area contributed by atoms with Crippen molar-refractivity contribution >= 4 is 45.5 Å². The molecule has 2 N–H and O–H groups in total. The maximum atomic E-state index is 13.5. The lowest BCUT2D eigenvalue weighted by atomic mass is 10.1. The van der Waals surface area contributed by atoms with Crippen molar-refractivity contribution in [2.75, 3.05) is 37.4 Å². The Kier molecular flexibility index (Phi) is 6.53. The molecule has 1 aliphatic heterocycles. The highest BCUT2D eigenvalue weighted by molar-refractivity contribution is 6.31. The highest BCUT2D eigenvalue weighted by atomic mass is 35.5. The minimum Gasteiger partial charge on any atom is -0.495 e. The average Bonchev–Trinajstić information content (AvgIpc) is 3.28. The Balaban J connectivity index is 1.58. The summed E-state index contributed by atoms with van der Waals surface area (Å²) in [5.41, 5.74) is 1.19. The maximum absolute atomic E-state index is 13.5. The van der Waals surface area contributed by atoms with E-state index in [0.717, 1.165) is 30.4 Å². The minimum absolute atomic E-state index is 0.0258. The van der Waals surface area contributed by atoms with E-state index in [-0.39, 0.29) is 10.9 Å². The third kappa shape index (κ3) is 5.06. The van der Waals surface area contributed by atoms with Crippen molar-refractivity contribution < 1.29 is 13.9 Å². The molecule has 6 nitrogen and oxygen atoms in total.